The maximum absolute atomic E-state index is 6.39. The molecular formula is C28H24. The summed E-state index contributed by atoms with van der Waals surface area (Å²) < 4.78 is 0. The van der Waals surface area contributed by atoms with Crippen LogP contribution in [0.5, 0.6) is 0 Å². The lowest BCUT2D eigenvalue weighted by Gasteiger charge is -2.68. The van der Waals surface area contributed by atoms with E-state index in [9.17, 15) is 0 Å². The van der Waals surface area contributed by atoms with E-state index in [1.165, 1.54) is 12.0 Å². The van der Waals surface area contributed by atoms with Crippen LogP contribution in [-0.4, -0.2) is 0 Å². The molecule has 4 aliphatic carbocycles. The molecule has 4 bridgehead atoms. The molecule has 4 fully saturated rings. The highest BCUT2D eigenvalue weighted by Gasteiger charge is 2.71. The van der Waals surface area contributed by atoms with Crippen LogP contribution in [0.4, 0.5) is 0 Å². The van der Waals surface area contributed by atoms with Crippen LogP contribution in [0.15, 0.2) is 60.7 Å². The van der Waals surface area contributed by atoms with Crippen molar-refractivity contribution in [3.63, 3.8) is 0 Å². The molecule has 2 aromatic rings. The standard InChI is InChI=1S/C28H24/c1-3-26-18-23-17-24(19-26)21-27(20-23,25-13-9-6-10-14-25)28(26,4-2)16-15-22-11-7-5-8-12-22/h1-2,5-14,23-24H,17-21H2. The molecule has 0 heteroatoms. The van der Waals surface area contributed by atoms with Crippen LogP contribution in [0.3, 0.4) is 0 Å². The zero-order chi connectivity index (χ0) is 19.2. The maximum atomic E-state index is 6.39. The minimum absolute atomic E-state index is 0.152. The first-order chi connectivity index (χ1) is 13.7. The van der Waals surface area contributed by atoms with Crippen LogP contribution in [0, 0.1) is 59.2 Å². The van der Waals surface area contributed by atoms with Gasteiger partial charge in [-0.3, -0.25) is 0 Å². The van der Waals surface area contributed by atoms with E-state index in [-0.39, 0.29) is 10.8 Å². The van der Waals surface area contributed by atoms with Gasteiger partial charge in [-0.25, -0.2) is 0 Å². The predicted molar refractivity (Wildman–Crippen MR) is 114 cm³/mol. The van der Waals surface area contributed by atoms with Gasteiger partial charge in [0.15, 0.2) is 0 Å². The van der Waals surface area contributed by atoms with Crippen LogP contribution in [0.1, 0.15) is 43.2 Å². The second-order valence-electron chi connectivity index (χ2n) is 8.97. The van der Waals surface area contributed by atoms with Crippen molar-refractivity contribution in [1.29, 1.82) is 0 Å². The molecule has 0 heterocycles. The normalized spacial score (nSPS) is 37.4. The third-order valence-corrected chi connectivity index (χ3v) is 7.64. The van der Waals surface area contributed by atoms with Gasteiger partial charge in [-0.1, -0.05) is 72.2 Å². The first kappa shape index (κ1) is 17.2. The van der Waals surface area contributed by atoms with Crippen molar-refractivity contribution in [2.24, 2.45) is 22.7 Å². The first-order valence-corrected chi connectivity index (χ1v) is 10.3. The Balaban J connectivity index is 1.78. The summed E-state index contributed by atoms with van der Waals surface area (Å²) in [5, 5.41) is 0. The molecule has 6 rings (SSSR count). The summed E-state index contributed by atoms with van der Waals surface area (Å²) in [7, 11) is 0. The van der Waals surface area contributed by atoms with E-state index in [1.807, 2.05) is 30.3 Å². The number of terminal acetylenes is 2. The highest BCUT2D eigenvalue weighted by Crippen LogP contribution is 2.73. The van der Waals surface area contributed by atoms with Gasteiger partial charge in [-0.15, -0.1) is 12.8 Å². The first-order valence-electron chi connectivity index (χ1n) is 10.3. The largest absolute Gasteiger partial charge is 0.119 e. The van der Waals surface area contributed by atoms with Crippen molar-refractivity contribution < 1.29 is 0 Å². The summed E-state index contributed by atoms with van der Waals surface area (Å²) in [6.07, 6.45) is 18.2. The van der Waals surface area contributed by atoms with E-state index in [0.29, 0.717) is 11.8 Å². The van der Waals surface area contributed by atoms with Crippen molar-refractivity contribution in [3.8, 4) is 36.5 Å². The van der Waals surface area contributed by atoms with Gasteiger partial charge in [-0.05, 0) is 61.6 Å². The van der Waals surface area contributed by atoms with Crippen LogP contribution in [0.2, 0.25) is 0 Å². The van der Waals surface area contributed by atoms with Gasteiger partial charge in [0.25, 0.3) is 0 Å². The fourth-order valence-corrected chi connectivity index (χ4v) is 6.83. The number of hydrogen-bond acceptors (Lipinski definition) is 0. The molecule has 0 N–H and O–H groups in total. The maximum Gasteiger partial charge on any atom is 0.118 e. The smallest absolute Gasteiger partial charge is 0.118 e. The molecular weight excluding hydrogens is 336 g/mol. The molecule has 0 aromatic heterocycles. The second kappa shape index (κ2) is 6.06. The van der Waals surface area contributed by atoms with Gasteiger partial charge in [0, 0.05) is 11.0 Å². The highest BCUT2D eigenvalue weighted by atomic mass is 14.7. The van der Waals surface area contributed by atoms with Crippen LogP contribution in [-0.2, 0) is 5.41 Å². The Morgan fingerprint density at radius 1 is 0.750 bits per heavy atom. The fourth-order valence-electron chi connectivity index (χ4n) is 6.83. The van der Waals surface area contributed by atoms with Gasteiger partial charge < -0.3 is 0 Å². The van der Waals surface area contributed by atoms with Gasteiger partial charge in [0.2, 0.25) is 0 Å². The number of benzene rings is 2. The van der Waals surface area contributed by atoms with E-state index in [2.05, 4.69) is 54.0 Å². The van der Waals surface area contributed by atoms with Crippen molar-refractivity contribution in [2.75, 3.05) is 0 Å². The average Bonchev–Trinajstić information content (AvgIpc) is 2.74. The van der Waals surface area contributed by atoms with Crippen molar-refractivity contribution in [2.45, 2.75) is 37.5 Å². The van der Waals surface area contributed by atoms with E-state index in [1.54, 1.807) is 0 Å². The van der Waals surface area contributed by atoms with Crippen molar-refractivity contribution in [3.05, 3.63) is 71.8 Å². The van der Waals surface area contributed by atoms with E-state index >= 15 is 0 Å². The van der Waals surface area contributed by atoms with Crippen molar-refractivity contribution >= 4 is 0 Å². The van der Waals surface area contributed by atoms with E-state index < -0.39 is 5.41 Å². The number of hydrogen-bond donors (Lipinski definition) is 0. The second-order valence-corrected chi connectivity index (χ2v) is 8.97. The summed E-state index contributed by atoms with van der Waals surface area (Å²) in [5.41, 5.74) is 1.22. The van der Waals surface area contributed by atoms with Crippen LogP contribution < -0.4 is 0 Å². The Kier molecular flexibility index (Phi) is 3.73. The summed E-state index contributed by atoms with van der Waals surface area (Å²) in [6, 6.07) is 21.0. The van der Waals surface area contributed by atoms with Gasteiger partial charge in [0.05, 0.1) is 5.41 Å². The Morgan fingerprint density at radius 3 is 1.93 bits per heavy atom. The van der Waals surface area contributed by atoms with Crippen LogP contribution >= 0.6 is 0 Å². The molecule has 0 aliphatic heterocycles. The molecule has 3 unspecified atom stereocenters. The zero-order valence-corrected chi connectivity index (χ0v) is 16.1. The van der Waals surface area contributed by atoms with Gasteiger partial charge in [0.1, 0.15) is 5.41 Å². The quantitative estimate of drug-likeness (QED) is 0.594. The van der Waals surface area contributed by atoms with Gasteiger partial charge in [-0.2, -0.15) is 0 Å². The Morgan fingerprint density at radius 2 is 1.36 bits per heavy atom. The molecule has 0 nitrogen and oxygen atoms in total. The fraction of sp³-hybridized carbons (Fsp3) is 0.357. The summed E-state index contributed by atoms with van der Waals surface area (Å²) in [6.45, 7) is 0. The molecule has 3 atom stereocenters. The molecule has 136 valence electrons. The molecule has 2 aromatic carbocycles. The molecule has 0 amide bonds. The monoisotopic (exact) mass is 360 g/mol. The Labute approximate surface area is 168 Å². The lowest BCUT2D eigenvalue weighted by atomic mass is 9.33. The molecule has 4 saturated carbocycles. The van der Waals surface area contributed by atoms with E-state index in [0.717, 1.165) is 31.2 Å². The summed E-state index contributed by atoms with van der Waals surface area (Å²) in [5.74, 6) is 14.9. The molecule has 0 radical (unpaired) electrons. The minimum atomic E-state index is -0.626. The Bertz CT molecular complexity index is 1020. The topological polar surface area (TPSA) is 0 Å². The lowest BCUT2D eigenvalue weighted by molar-refractivity contribution is -0.108. The molecule has 0 saturated heterocycles. The third-order valence-electron chi connectivity index (χ3n) is 7.64. The summed E-state index contributed by atoms with van der Waals surface area (Å²) >= 11 is 0. The lowest BCUT2D eigenvalue weighted by Crippen LogP contribution is -2.66. The van der Waals surface area contributed by atoms with E-state index in [4.69, 9.17) is 12.8 Å². The third kappa shape index (κ3) is 2.12. The molecule has 0 spiro atoms. The molecule has 4 aliphatic rings. The highest BCUT2D eigenvalue weighted by molar-refractivity contribution is 5.52. The average molecular weight is 361 g/mol. The minimum Gasteiger partial charge on any atom is -0.119 e. The van der Waals surface area contributed by atoms with Crippen LogP contribution in [0.25, 0.3) is 0 Å². The Hall–Kier alpha value is -2.88. The number of rotatable bonds is 1. The molecule has 28 heavy (non-hydrogen) atoms. The van der Waals surface area contributed by atoms with Crippen molar-refractivity contribution in [1.82, 2.24) is 0 Å². The summed E-state index contributed by atoms with van der Waals surface area (Å²) in [4.78, 5) is 0. The zero-order valence-electron chi connectivity index (χ0n) is 16.1. The predicted octanol–water partition coefficient (Wildman–Crippen LogP) is 5.44. The van der Waals surface area contributed by atoms with Gasteiger partial charge >= 0.3 is 0 Å². The SMILES string of the molecule is C#CC12CC3CC(C1)CC(c1ccccc1)(C3)C2(C#C)C#Cc1ccccc1.